The molecule has 0 spiro atoms. The minimum atomic E-state index is -0.0118. The minimum absolute atomic E-state index is 0.0118. The maximum atomic E-state index is 12.1. The normalized spacial score (nSPS) is 10.3. The lowest BCUT2D eigenvalue weighted by molar-refractivity contribution is 0.0994. The largest absolute Gasteiger partial charge is 0.398 e. The summed E-state index contributed by atoms with van der Waals surface area (Å²) in [6.07, 6.45) is 0.298. The number of Topliss-reactive ketones (excluding diaryl/α,β-unsaturated/α-hetero) is 1. The van der Waals surface area contributed by atoms with Gasteiger partial charge in [0.05, 0.1) is 0 Å². The summed E-state index contributed by atoms with van der Waals surface area (Å²) < 4.78 is 0.860. The first-order valence-electron chi connectivity index (χ1n) is 5.39. The number of nitrogen functional groups attached to an aromatic ring is 1. The topological polar surface area (TPSA) is 43.1 Å². The zero-order chi connectivity index (χ0) is 13.1. The van der Waals surface area contributed by atoms with E-state index in [1.807, 2.05) is 18.2 Å². The lowest BCUT2D eigenvalue weighted by atomic mass is 10.0. The molecule has 2 N–H and O–H groups in total. The first-order chi connectivity index (χ1) is 8.56. The van der Waals surface area contributed by atoms with Gasteiger partial charge in [0.25, 0.3) is 0 Å². The van der Waals surface area contributed by atoms with E-state index in [-0.39, 0.29) is 5.78 Å². The molecule has 0 radical (unpaired) electrons. The molecule has 0 bridgehead atoms. The number of rotatable bonds is 3. The second kappa shape index (κ2) is 5.55. The van der Waals surface area contributed by atoms with Gasteiger partial charge in [-0.1, -0.05) is 39.7 Å². The molecule has 0 fully saturated rings. The Morgan fingerprint density at radius 2 is 2.00 bits per heavy atom. The number of benzene rings is 2. The van der Waals surface area contributed by atoms with E-state index in [1.165, 1.54) is 0 Å². The van der Waals surface area contributed by atoms with Gasteiger partial charge >= 0.3 is 0 Å². The fourth-order valence-corrected chi connectivity index (χ4v) is 2.31. The standard InChI is InChI=1S/C14H11BrClNO/c15-10-4-5-12(13(17)8-10)14(18)7-9-2-1-3-11(16)6-9/h1-6,8H,7,17H2. The van der Waals surface area contributed by atoms with Gasteiger partial charge < -0.3 is 5.73 Å². The zero-order valence-electron chi connectivity index (χ0n) is 9.49. The van der Waals surface area contributed by atoms with E-state index in [0.29, 0.717) is 22.7 Å². The van der Waals surface area contributed by atoms with E-state index >= 15 is 0 Å². The fraction of sp³-hybridized carbons (Fsp3) is 0.0714. The molecule has 0 aromatic heterocycles. The monoisotopic (exact) mass is 323 g/mol. The smallest absolute Gasteiger partial charge is 0.169 e. The van der Waals surface area contributed by atoms with Crippen LogP contribution in [0.4, 0.5) is 5.69 Å². The van der Waals surface area contributed by atoms with E-state index in [4.69, 9.17) is 17.3 Å². The number of ketones is 1. The molecule has 0 aliphatic rings. The molecule has 0 aliphatic heterocycles. The molecule has 2 aromatic carbocycles. The van der Waals surface area contributed by atoms with E-state index in [9.17, 15) is 4.79 Å². The van der Waals surface area contributed by atoms with Crippen LogP contribution in [0, 0.1) is 0 Å². The number of halogens is 2. The van der Waals surface area contributed by atoms with Crippen LogP contribution >= 0.6 is 27.5 Å². The van der Waals surface area contributed by atoms with Crippen LogP contribution in [-0.4, -0.2) is 5.78 Å². The Morgan fingerprint density at radius 1 is 1.22 bits per heavy atom. The predicted molar refractivity (Wildman–Crippen MR) is 78.0 cm³/mol. The molecule has 0 unspecified atom stereocenters. The number of hydrogen-bond donors (Lipinski definition) is 1. The van der Waals surface area contributed by atoms with Crippen molar-refractivity contribution in [3.63, 3.8) is 0 Å². The summed E-state index contributed by atoms with van der Waals surface area (Å²) in [7, 11) is 0. The molecule has 0 heterocycles. The Bertz CT molecular complexity index is 598. The third kappa shape index (κ3) is 3.12. The molecule has 0 amide bonds. The average Bonchev–Trinajstić information content (AvgIpc) is 2.28. The molecule has 92 valence electrons. The summed E-state index contributed by atoms with van der Waals surface area (Å²) in [5.74, 6) is -0.0118. The van der Waals surface area contributed by atoms with Crippen molar-refractivity contribution < 1.29 is 4.79 Å². The molecular formula is C14H11BrClNO. The number of carbonyl (C=O) groups excluding carboxylic acids is 1. The third-order valence-electron chi connectivity index (χ3n) is 2.57. The highest BCUT2D eigenvalue weighted by Crippen LogP contribution is 2.21. The minimum Gasteiger partial charge on any atom is -0.398 e. The van der Waals surface area contributed by atoms with Crippen LogP contribution in [0.5, 0.6) is 0 Å². The van der Waals surface area contributed by atoms with Crippen LogP contribution < -0.4 is 5.73 Å². The number of carbonyl (C=O) groups is 1. The summed E-state index contributed by atoms with van der Waals surface area (Å²) in [5, 5.41) is 0.629. The fourth-order valence-electron chi connectivity index (χ4n) is 1.72. The van der Waals surface area contributed by atoms with Crippen LogP contribution in [0.25, 0.3) is 0 Å². The van der Waals surface area contributed by atoms with Crippen molar-refractivity contribution in [1.82, 2.24) is 0 Å². The highest BCUT2D eigenvalue weighted by atomic mass is 79.9. The lowest BCUT2D eigenvalue weighted by Crippen LogP contribution is -2.06. The van der Waals surface area contributed by atoms with E-state index in [2.05, 4.69) is 15.9 Å². The molecule has 2 nitrogen and oxygen atoms in total. The second-order valence-electron chi connectivity index (χ2n) is 3.96. The van der Waals surface area contributed by atoms with Crippen molar-refractivity contribution in [2.75, 3.05) is 5.73 Å². The molecule has 4 heteroatoms. The molecule has 0 atom stereocenters. The quantitative estimate of drug-likeness (QED) is 0.682. The molecule has 2 aromatic rings. The van der Waals surface area contributed by atoms with E-state index in [1.54, 1.807) is 24.3 Å². The Balaban J connectivity index is 2.22. The Labute approximate surface area is 119 Å². The van der Waals surface area contributed by atoms with Crippen molar-refractivity contribution >= 4 is 39.0 Å². The van der Waals surface area contributed by atoms with Crippen LogP contribution in [-0.2, 0) is 6.42 Å². The molecular weight excluding hydrogens is 314 g/mol. The first-order valence-corrected chi connectivity index (χ1v) is 6.56. The Hall–Kier alpha value is -1.32. The van der Waals surface area contributed by atoms with Gasteiger partial charge in [0, 0.05) is 27.2 Å². The SMILES string of the molecule is Nc1cc(Br)ccc1C(=O)Cc1cccc(Cl)c1. The highest BCUT2D eigenvalue weighted by Gasteiger charge is 2.11. The van der Waals surface area contributed by atoms with Gasteiger partial charge in [-0.15, -0.1) is 0 Å². The summed E-state index contributed by atoms with van der Waals surface area (Å²) >= 11 is 9.20. The van der Waals surface area contributed by atoms with Gasteiger partial charge in [-0.25, -0.2) is 0 Å². The highest BCUT2D eigenvalue weighted by molar-refractivity contribution is 9.10. The average molecular weight is 325 g/mol. The van der Waals surface area contributed by atoms with Crippen LogP contribution in [0.15, 0.2) is 46.9 Å². The first kappa shape index (κ1) is 13.1. The Morgan fingerprint density at radius 3 is 2.67 bits per heavy atom. The summed E-state index contributed by atoms with van der Waals surface area (Å²) in [6, 6.07) is 12.5. The van der Waals surface area contributed by atoms with Gasteiger partial charge in [0.2, 0.25) is 0 Å². The number of anilines is 1. The van der Waals surface area contributed by atoms with Gasteiger partial charge in [0.1, 0.15) is 0 Å². The van der Waals surface area contributed by atoms with Crippen LogP contribution in [0.1, 0.15) is 15.9 Å². The van der Waals surface area contributed by atoms with Gasteiger partial charge in [0.15, 0.2) is 5.78 Å². The zero-order valence-corrected chi connectivity index (χ0v) is 11.8. The van der Waals surface area contributed by atoms with Crippen molar-refractivity contribution in [1.29, 1.82) is 0 Å². The van der Waals surface area contributed by atoms with Crippen molar-refractivity contribution in [2.24, 2.45) is 0 Å². The summed E-state index contributed by atoms with van der Waals surface area (Å²) in [6.45, 7) is 0. The molecule has 0 saturated carbocycles. The maximum absolute atomic E-state index is 12.1. The lowest BCUT2D eigenvalue weighted by Gasteiger charge is -2.06. The predicted octanol–water partition coefficient (Wildman–Crippen LogP) is 4.11. The Kier molecular flexibility index (Phi) is 4.04. The maximum Gasteiger partial charge on any atom is 0.169 e. The van der Waals surface area contributed by atoms with E-state index < -0.39 is 0 Å². The number of nitrogens with two attached hydrogens (primary N) is 1. The summed E-state index contributed by atoms with van der Waals surface area (Å²) in [5.41, 5.74) is 7.74. The van der Waals surface area contributed by atoms with Gasteiger partial charge in [-0.3, -0.25) is 4.79 Å². The van der Waals surface area contributed by atoms with Crippen molar-refractivity contribution in [3.05, 3.63) is 63.1 Å². The van der Waals surface area contributed by atoms with Crippen molar-refractivity contribution in [2.45, 2.75) is 6.42 Å². The molecule has 0 saturated heterocycles. The molecule has 2 rings (SSSR count). The number of hydrogen-bond acceptors (Lipinski definition) is 2. The van der Waals surface area contributed by atoms with Crippen LogP contribution in [0.2, 0.25) is 5.02 Å². The van der Waals surface area contributed by atoms with Gasteiger partial charge in [-0.05, 0) is 35.9 Å². The summed E-state index contributed by atoms with van der Waals surface area (Å²) in [4.78, 5) is 12.1. The molecule has 0 aliphatic carbocycles. The third-order valence-corrected chi connectivity index (χ3v) is 3.30. The van der Waals surface area contributed by atoms with Gasteiger partial charge in [-0.2, -0.15) is 0 Å². The van der Waals surface area contributed by atoms with Crippen LogP contribution in [0.3, 0.4) is 0 Å². The van der Waals surface area contributed by atoms with Crippen molar-refractivity contribution in [3.8, 4) is 0 Å². The van der Waals surface area contributed by atoms with E-state index in [0.717, 1.165) is 10.0 Å². The second-order valence-corrected chi connectivity index (χ2v) is 5.31. The molecule has 18 heavy (non-hydrogen) atoms.